The number of pyridine rings is 1. The highest BCUT2D eigenvalue weighted by Crippen LogP contribution is 2.39. The summed E-state index contributed by atoms with van der Waals surface area (Å²) in [7, 11) is 0. The molecule has 148 valence electrons. The van der Waals surface area contributed by atoms with Crippen LogP contribution in [0.1, 0.15) is 21.5 Å². The van der Waals surface area contributed by atoms with E-state index in [1.54, 1.807) is 30.3 Å². The molecule has 0 atom stereocenters. The Morgan fingerprint density at radius 2 is 1.76 bits per heavy atom. The van der Waals surface area contributed by atoms with Crippen LogP contribution in [0.5, 0.6) is 0 Å². The molecule has 2 aromatic carbocycles. The van der Waals surface area contributed by atoms with E-state index in [1.165, 1.54) is 12.1 Å². The van der Waals surface area contributed by atoms with Gasteiger partial charge in [-0.05, 0) is 18.2 Å². The largest absolute Gasteiger partial charge is 0.417 e. The zero-order valence-corrected chi connectivity index (χ0v) is 15.9. The van der Waals surface area contributed by atoms with Crippen LogP contribution < -0.4 is 0 Å². The number of carbonyl (C=O) groups excluding carboxylic acids is 1. The highest BCUT2D eigenvalue weighted by molar-refractivity contribution is 7.99. The van der Waals surface area contributed by atoms with Crippen molar-refractivity contribution >= 4 is 34.8 Å². The van der Waals surface area contributed by atoms with Gasteiger partial charge in [-0.25, -0.2) is 4.98 Å². The summed E-state index contributed by atoms with van der Waals surface area (Å²) >= 11 is 6.61. The number of hydrogen-bond acceptors (Lipinski definition) is 5. The molecule has 3 rings (SSSR count). The maximum absolute atomic E-state index is 12.7. The Hall–Kier alpha value is -2.91. The molecular weight excluding hydrogens is 429 g/mol. The van der Waals surface area contributed by atoms with E-state index in [9.17, 15) is 28.1 Å². The first kappa shape index (κ1) is 20.8. The number of nitrogens with zero attached hydrogens (tertiary/aromatic N) is 2. The molecule has 0 unspecified atom stereocenters. The SMILES string of the molecule is O=C(c1ccccc1)c1ccc(Sc2ncc(C(F)(F)F)cc2Cl)c([N+](=O)[O-])c1. The van der Waals surface area contributed by atoms with Crippen molar-refractivity contribution in [3.8, 4) is 0 Å². The minimum Gasteiger partial charge on any atom is -0.289 e. The van der Waals surface area contributed by atoms with Gasteiger partial charge >= 0.3 is 6.18 Å². The number of rotatable bonds is 5. The van der Waals surface area contributed by atoms with Gasteiger partial charge < -0.3 is 0 Å². The van der Waals surface area contributed by atoms with E-state index in [0.29, 0.717) is 17.8 Å². The third-order valence-corrected chi connectivity index (χ3v) is 5.28. The molecule has 0 aliphatic rings. The number of nitro benzene ring substituents is 1. The fraction of sp³-hybridized carbons (Fsp3) is 0.0526. The molecule has 1 aromatic heterocycles. The molecule has 0 fully saturated rings. The zero-order valence-electron chi connectivity index (χ0n) is 14.3. The number of alkyl halides is 3. The summed E-state index contributed by atoms with van der Waals surface area (Å²) in [5.41, 5.74) is -0.923. The number of benzene rings is 2. The van der Waals surface area contributed by atoms with Crippen LogP contribution in [-0.4, -0.2) is 15.7 Å². The smallest absolute Gasteiger partial charge is 0.289 e. The van der Waals surface area contributed by atoms with E-state index < -0.39 is 22.4 Å². The molecule has 0 bridgehead atoms. The van der Waals surface area contributed by atoms with E-state index in [-0.39, 0.29) is 26.2 Å². The number of ketones is 1. The lowest BCUT2D eigenvalue weighted by Crippen LogP contribution is -2.05. The predicted molar refractivity (Wildman–Crippen MR) is 101 cm³/mol. The van der Waals surface area contributed by atoms with Gasteiger partial charge in [0.15, 0.2) is 5.78 Å². The second-order valence-electron chi connectivity index (χ2n) is 5.75. The van der Waals surface area contributed by atoms with Gasteiger partial charge in [-0.15, -0.1) is 0 Å². The van der Waals surface area contributed by atoms with Crippen LogP contribution in [0.15, 0.2) is 70.7 Å². The van der Waals surface area contributed by atoms with Crippen molar-refractivity contribution in [1.82, 2.24) is 4.98 Å². The summed E-state index contributed by atoms with van der Waals surface area (Å²) in [5, 5.41) is 11.2. The molecule has 5 nitrogen and oxygen atoms in total. The first-order valence-electron chi connectivity index (χ1n) is 7.95. The normalized spacial score (nSPS) is 11.3. The van der Waals surface area contributed by atoms with Crippen LogP contribution in [0.3, 0.4) is 0 Å². The lowest BCUT2D eigenvalue weighted by molar-refractivity contribution is -0.387. The van der Waals surface area contributed by atoms with Crippen molar-refractivity contribution in [2.75, 3.05) is 0 Å². The maximum Gasteiger partial charge on any atom is 0.417 e. The standard InChI is InChI=1S/C19H10ClF3N2O3S/c20-14-9-13(19(21,22)23)10-24-18(14)29-16-7-6-12(8-15(16)25(27)28)17(26)11-4-2-1-3-5-11/h1-10H. The van der Waals surface area contributed by atoms with Crippen molar-refractivity contribution in [1.29, 1.82) is 0 Å². The average molecular weight is 439 g/mol. The summed E-state index contributed by atoms with van der Waals surface area (Å²) in [6.45, 7) is 0. The fourth-order valence-electron chi connectivity index (χ4n) is 2.40. The number of nitro groups is 1. The van der Waals surface area contributed by atoms with Crippen LogP contribution >= 0.6 is 23.4 Å². The van der Waals surface area contributed by atoms with Gasteiger partial charge in [0.25, 0.3) is 5.69 Å². The quantitative estimate of drug-likeness (QED) is 0.275. The Balaban J connectivity index is 1.94. The third kappa shape index (κ3) is 4.75. The lowest BCUT2D eigenvalue weighted by Gasteiger charge is -2.09. The summed E-state index contributed by atoms with van der Waals surface area (Å²) in [6.07, 6.45) is -4.00. The molecule has 0 spiro atoms. The van der Waals surface area contributed by atoms with Gasteiger partial charge in [-0.2, -0.15) is 13.2 Å². The lowest BCUT2D eigenvalue weighted by atomic mass is 10.0. The minimum atomic E-state index is -4.61. The number of aromatic nitrogens is 1. The molecule has 0 radical (unpaired) electrons. The van der Waals surface area contributed by atoms with Crippen LogP contribution in [-0.2, 0) is 6.18 Å². The van der Waals surface area contributed by atoms with Crippen LogP contribution in [0, 0.1) is 10.1 Å². The van der Waals surface area contributed by atoms with Crippen LogP contribution in [0.25, 0.3) is 0 Å². The molecule has 10 heteroatoms. The fourth-order valence-corrected chi connectivity index (χ4v) is 3.53. The van der Waals surface area contributed by atoms with Crippen LogP contribution in [0.4, 0.5) is 18.9 Å². The summed E-state index contributed by atoms with van der Waals surface area (Å²) in [6, 6.07) is 12.8. The summed E-state index contributed by atoms with van der Waals surface area (Å²) < 4.78 is 38.2. The topological polar surface area (TPSA) is 73.1 Å². The van der Waals surface area contributed by atoms with E-state index in [2.05, 4.69) is 4.98 Å². The van der Waals surface area contributed by atoms with Crippen LogP contribution in [0.2, 0.25) is 5.02 Å². The first-order chi connectivity index (χ1) is 13.7. The Morgan fingerprint density at radius 3 is 2.34 bits per heavy atom. The molecule has 29 heavy (non-hydrogen) atoms. The van der Waals surface area contributed by atoms with E-state index in [1.807, 2.05) is 0 Å². The van der Waals surface area contributed by atoms with Gasteiger partial charge in [0, 0.05) is 23.4 Å². The summed E-state index contributed by atoms with van der Waals surface area (Å²) in [5.74, 6) is -0.393. The zero-order chi connectivity index (χ0) is 21.2. The average Bonchev–Trinajstić information content (AvgIpc) is 2.69. The molecule has 3 aromatic rings. The van der Waals surface area contributed by atoms with Crippen molar-refractivity contribution in [3.05, 3.63) is 92.6 Å². The molecule has 0 amide bonds. The number of hydrogen-bond donors (Lipinski definition) is 0. The third-order valence-electron chi connectivity index (χ3n) is 3.80. The molecule has 1 heterocycles. The predicted octanol–water partition coefficient (Wildman–Crippen LogP) is 6.04. The van der Waals surface area contributed by atoms with E-state index in [4.69, 9.17) is 11.6 Å². The molecule has 0 N–H and O–H groups in total. The van der Waals surface area contributed by atoms with Crippen molar-refractivity contribution in [2.45, 2.75) is 16.1 Å². The Kier molecular flexibility index (Phi) is 5.90. The Labute approximate surface area is 171 Å². The molecule has 0 aliphatic heterocycles. The van der Waals surface area contributed by atoms with E-state index >= 15 is 0 Å². The molecule has 0 saturated carbocycles. The highest BCUT2D eigenvalue weighted by Gasteiger charge is 2.32. The van der Waals surface area contributed by atoms with Gasteiger partial charge in [-0.3, -0.25) is 14.9 Å². The number of halogens is 4. The number of carbonyl (C=O) groups is 1. The second kappa shape index (κ2) is 8.22. The Morgan fingerprint density at radius 1 is 1.07 bits per heavy atom. The Bertz CT molecular complexity index is 1090. The first-order valence-corrected chi connectivity index (χ1v) is 9.15. The summed E-state index contributed by atoms with van der Waals surface area (Å²) in [4.78, 5) is 27.1. The maximum atomic E-state index is 12.7. The van der Waals surface area contributed by atoms with Gasteiger partial charge in [-0.1, -0.05) is 53.7 Å². The van der Waals surface area contributed by atoms with Gasteiger partial charge in [0.05, 0.1) is 20.4 Å². The minimum absolute atomic E-state index is 0.0232. The van der Waals surface area contributed by atoms with Crippen molar-refractivity contribution < 1.29 is 22.9 Å². The van der Waals surface area contributed by atoms with Gasteiger partial charge in [0.2, 0.25) is 0 Å². The monoisotopic (exact) mass is 438 g/mol. The van der Waals surface area contributed by atoms with Gasteiger partial charge in [0.1, 0.15) is 5.03 Å². The second-order valence-corrected chi connectivity index (χ2v) is 7.18. The molecular formula is C19H10ClF3N2O3S. The molecule has 0 aliphatic carbocycles. The van der Waals surface area contributed by atoms with Crippen molar-refractivity contribution in [2.24, 2.45) is 0 Å². The van der Waals surface area contributed by atoms with Crippen molar-refractivity contribution in [3.63, 3.8) is 0 Å². The molecule has 0 saturated heterocycles. The van der Waals surface area contributed by atoms with E-state index in [0.717, 1.165) is 17.8 Å². The highest BCUT2D eigenvalue weighted by atomic mass is 35.5.